The lowest BCUT2D eigenvalue weighted by Gasteiger charge is -2.10. The molecule has 0 saturated carbocycles. The number of hydrogen-bond donors (Lipinski definition) is 2. The van der Waals surface area contributed by atoms with Crippen LogP contribution in [0.25, 0.3) is 0 Å². The molecule has 0 aliphatic heterocycles. The van der Waals surface area contributed by atoms with E-state index in [4.69, 9.17) is 27.9 Å². The molecule has 0 bridgehead atoms. The van der Waals surface area contributed by atoms with E-state index in [1.807, 2.05) is 0 Å². The third kappa shape index (κ3) is 6.36. The van der Waals surface area contributed by atoms with Crippen molar-refractivity contribution in [2.75, 3.05) is 17.6 Å². The molecule has 0 fully saturated rings. The van der Waals surface area contributed by atoms with Crippen LogP contribution in [-0.4, -0.2) is 27.2 Å². The van der Waals surface area contributed by atoms with Crippen molar-refractivity contribution in [3.63, 3.8) is 0 Å². The van der Waals surface area contributed by atoms with E-state index in [1.165, 1.54) is 18.2 Å². The van der Waals surface area contributed by atoms with Gasteiger partial charge in [-0.15, -0.1) is 0 Å². The maximum Gasteiger partial charge on any atom is 0.258 e. The minimum Gasteiger partial charge on any atom is -0.482 e. The topological polar surface area (TPSA) is 84.5 Å². The molecule has 0 saturated heterocycles. The van der Waals surface area contributed by atoms with E-state index >= 15 is 0 Å². The van der Waals surface area contributed by atoms with Crippen molar-refractivity contribution in [3.8, 4) is 5.75 Å². The van der Waals surface area contributed by atoms with Crippen LogP contribution in [0.4, 0.5) is 10.1 Å². The number of halogens is 3. The monoisotopic (exact) mass is 420 g/mol. The zero-order chi connectivity index (χ0) is 19.3. The van der Waals surface area contributed by atoms with Crippen molar-refractivity contribution in [2.45, 2.75) is 6.54 Å². The van der Waals surface area contributed by atoms with Crippen molar-refractivity contribution in [1.82, 2.24) is 5.32 Å². The third-order valence-corrected chi connectivity index (χ3v) is 4.19. The molecule has 0 aliphatic carbocycles. The van der Waals surface area contributed by atoms with Gasteiger partial charge in [0.25, 0.3) is 5.91 Å². The Morgan fingerprint density at radius 1 is 1.19 bits per heavy atom. The first kappa shape index (κ1) is 20.3. The molecular formula is C16H15Cl2FN2O4S. The molecule has 0 heterocycles. The molecule has 0 radical (unpaired) electrons. The van der Waals surface area contributed by atoms with E-state index in [1.54, 1.807) is 12.1 Å². The van der Waals surface area contributed by atoms with Crippen LogP contribution in [-0.2, 0) is 21.4 Å². The van der Waals surface area contributed by atoms with Gasteiger partial charge in [0.2, 0.25) is 10.0 Å². The van der Waals surface area contributed by atoms with E-state index in [0.29, 0.717) is 16.3 Å². The fourth-order valence-electron chi connectivity index (χ4n) is 1.94. The van der Waals surface area contributed by atoms with Crippen molar-refractivity contribution in [3.05, 3.63) is 57.8 Å². The van der Waals surface area contributed by atoms with E-state index < -0.39 is 21.7 Å². The lowest BCUT2D eigenvalue weighted by Crippen LogP contribution is -2.28. The first-order valence-electron chi connectivity index (χ1n) is 7.25. The number of rotatable bonds is 7. The van der Waals surface area contributed by atoms with Gasteiger partial charge in [0.1, 0.15) is 11.6 Å². The summed E-state index contributed by atoms with van der Waals surface area (Å²) < 4.78 is 43.4. The van der Waals surface area contributed by atoms with E-state index in [0.717, 1.165) is 12.3 Å². The number of carbonyl (C=O) groups excluding carboxylic acids is 1. The SMILES string of the molecule is CS(=O)(=O)Nc1ccc(CNC(=O)COc2ccc(Cl)cc2Cl)cc1F. The van der Waals surface area contributed by atoms with Gasteiger partial charge >= 0.3 is 0 Å². The number of benzene rings is 2. The molecule has 2 aromatic carbocycles. The zero-order valence-electron chi connectivity index (χ0n) is 13.6. The van der Waals surface area contributed by atoms with Gasteiger partial charge in [0.15, 0.2) is 6.61 Å². The van der Waals surface area contributed by atoms with Gasteiger partial charge in [-0.1, -0.05) is 29.3 Å². The summed E-state index contributed by atoms with van der Waals surface area (Å²) in [5, 5.41) is 3.28. The lowest BCUT2D eigenvalue weighted by atomic mass is 10.2. The number of hydrogen-bond acceptors (Lipinski definition) is 4. The van der Waals surface area contributed by atoms with Gasteiger partial charge in [-0.05, 0) is 35.9 Å². The van der Waals surface area contributed by atoms with Crippen LogP contribution < -0.4 is 14.8 Å². The molecule has 10 heteroatoms. The summed E-state index contributed by atoms with van der Waals surface area (Å²) in [6.07, 6.45) is 0.924. The summed E-state index contributed by atoms with van der Waals surface area (Å²) in [7, 11) is -3.57. The molecule has 140 valence electrons. The highest BCUT2D eigenvalue weighted by molar-refractivity contribution is 7.92. The zero-order valence-corrected chi connectivity index (χ0v) is 15.9. The minimum absolute atomic E-state index is 0.0482. The van der Waals surface area contributed by atoms with Crippen molar-refractivity contribution < 1.29 is 22.3 Å². The molecule has 26 heavy (non-hydrogen) atoms. The van der Waals surface area contributed by atoms with Crippen LogP contribution in [0.1, 0.15) is 5.56 Å². The normalized spacial score (nSPS) is 11.1. The molecule has 0 aromatic heterocycles. The fourth-order valence-corrected chi connectivity index (χ4v) is 2.97. The minimum atomic E-state index is -3.57. The summed E-state index contributed by atoms with van der Waals surface area (Å²) >= 11 is 11.7. The number of sulfonamides is 1. The smallest absolute Gasteiger partial charge is 0.258 e. The molecule has 1 amide bonds. The van der Waals surface area contributed by atoms with Crippen molar-refractivity contribution in [1.29, 1.82) is 0 Å². The van der Waals surface area contributed by atoms with Crippen LogP contribution in [0.15, 0.2) is 36.4 Å². The van der Waals surface area contributed by atoms with E-state index in [9.17, 15) is 17.6 Å². The van der Waals surface area contributed by atoms with Crippen LogP contribution >= 0.6 is 23.2 Å². The van der Waals surface area contributed by atoms with Crippen LogP contribution in [0.5, 0.6) is 5.75 Å². The maximum absolute atomic E-state index is 13.9. The number of anilines is 1. The van der Waals surface area contributed by atoms with E-state index in [2.05, 4.69) is 10.0 Å². The first-order valence-corrected chi connectivity index (χ1v) is 9.89. The number of amides is 1. The second-order valence-corrected chi connectivity index (χ2v) is 7.92. The van der Waals surface area contributed by atoms with Crippen molar-refractivity contribution in [2.24, 2.45) is 0 Å². The van der Waals surface area contributed by atoms with Gasteiger partial charge in [-0.3, -0.25) is 9.52 Å². The highest BCUT2D eigenvalue weighted by atomic mass is 35.5. The van der Waals surface area contributed by atoms with Crippen molar-refractivity contribution >= 4 is 44.8 Å². The molecule has 0 aliphatic rings. The fraction of sp³-hybridized carbons (Fsp3) is 0.188. The second kappa shape index (κ2) is 8.57. The van der Waals surface area contributed by atoms with Gasteiger partial charge < -0.3 is 10.1 Å². The quantitative estimate of drug-likeness (QED) is 0.719. The molecule has 6 nitrogen and oxygen atoms in total. The Bertz CT molecular complexity index is 922. The Balaban J connectivity index is 1.88. The van der Waals surface area contributed by atoms with Gasteiger partial charge in [0, 0.05) is 11.6 Å². The number of carbonyl (C=O) groups is 1. The standard InChI is InChI=1S/C16H15Cl2FN2O4S/c1-26(23,24)21-14-4-2-10(6-13(14)19)8-20-16(22)9-25-15-5-3-11(17)7-12(15)18/h2-7,21H,8-9H2,1H3,(H,20,22). The summed E-state index contributed by atoms with van der Waals surface area (Å²) in [5.74, 6) is -0.866. The molecule has 0 unspecified atom stereocenters. The largest absolute Gasteiger partial charge is 0.482 e. The molecule has 0 spiro atoms. The maximum atomic E-state index is 13.9. The molecule has 2 N–H and O–H groups in total. The van der Waals surface area contributed by atoms with E-state index in [-0.39, 0.29) is 23.9 Å². The summed E-state index contributed by atoms with van der Waals surface area (Å²) in [6.45, 7) is -0.232. The highest BCUT2D eigenvalue weighted by Crippen LogP contribution is 2.27. The predicted octanol–water partition coefficient (Wildman–Crippen LogP) is 3.20. The van der Waals surface area contributed by atoms with Crippen LogP contribution in [0.2, 0.25) is 10.0 Å². The Labute approximate surface area is 160 Å². The molecular weight excluding hydrogens is 406 g/mol. The Kier molecular flexibility index (Phi) is 6.69. The summed E-state index contributed by atoms with van der Waals surface area (Å²) in [5.41, 5.74) is 0.294. The Morgan fingerprint density at radius 2 is 1.92 bits per heavy atom. The summed E-state index contributed by atoms with van der Waals surface area (Å²) in [6, 6.07) is 8.52. The van der Waals surface area contributed by atoms with Crippen LogP contribution in [0, 0.1) is 5.82 Å². The molecule has 0 atom stereocenters. The Morgan fingerprint density at radius 3 is 2.54 bits per heavy atom. The van der Waals surface area contributed by atoms with Gasteiger partial charge in [0.05, 0.1) is 17.0 Å². The average Bonchev–Trinajstić information content (AvgIpc) is 2.53. The first-order chi connectivity index (χ1) is 12.1. The van der Waals surface area contributed by atoms with Gasteiger partial charge in [-0.25, -0.2) is 12.8 Å². The summed E-state index contributed by atoms with van der Waals surface area (Å²) in [4.78, 5) is 11.8. The van der Waals surface area contributed by atoms with Crippen LogP contribution in [0.3, 0.4) is 0 Å². The number of nitrogens with one attached hydrogen (secondary N) is 2. The number of ether oxygens (including phenoxy) is 1. The molecule has 2 aromatic rings. The highest BCUT2D eigenvalue weighted by Gasteiger charge is 2.10. The predicted molar refractivity (Wildman–Crippen MR) is 98.7 cm³/mol. The Hall–Kier alpha value is -2.03. The van der Waals surface area contributed by atoms with Gasteiger partial charge in [-0.2, -0.15) is 0 Å². The lowest BCUT2D eigenvalue weighted by molar-refractivity contribution is -0.123. The average molecular weight is 421 g/mol. The second-order valence-electron chi connectivity index (χ2n) is 5.33. The third-order valence-electron chi connectivity index (χ3n) is 3.07. The molecule has 2 rings (SSSR count).